The molecule has 0 aliphatic carbocycles. The Hall–Kier alpha value is -0.880. The summed E-state index contributed by atoms with van der Waals surface area (Å²) < 4.78 is 68.8. The highest BCUT2D eigenvalue weighted by atomic mass is 19.3. The Kier molecular flexibility index (Phi) is 9.60. The summed E-state index contributed by atoms with van der Waals surface area (Å²) in [6.45, 7) is 2.02. The van der Waals surface area contributed by atoms with Gasteiger partial charge in [0.05, 0.1) is 6.61 Å². The van der Waals surface area contributed by atoms with Crippen molar-refractivity contribution in [3.05, 3.63) is 0 Å². The zero-order valence-electron chi connectivity index (χ0n) is 13.1. The molecule has 0 spiro atoms. The molecule has 0 bridgehead atoms. The lowest BCUT2D eigenvalue weighted by molar-refractivity contribution is -0.245. The van der Waals surface area contributed by atoms with E-state index in [0.29, 0.717) is 12.8 Å². The number of unbranched alkanes of at least 4 members (excludes halogenated alkanes) is 7. The number of carbonyl (C=O) groups is 1. The van der Waals surface area contributed by atoms with Gasteiger partial charge in [0.2, 0.25) is 0 Å². The fourth-order valence-corrected chi connectivity index (χ4v) is 1.88. The highest BCUT2D eigenvalue weighted by Gasteiger charge is 2.66. The second-order valence-electron chi connectivity index (χ2n) is 5.42. The predicted octanol–water partition coefficient (Wildman–Crippen LogP) is 5.30. The van der Waals surface area contributed by atoms with E-state index in [1.807, 2.05) is 0 Å². The van der Waals surface area contributed by atoms with E-state index in [1.54, 1.807) is 0 Å². The maximum Gasteiger partial charge on any atom is 0.407 e. The Bertz CT molecular complexity index is 319. The molecule has 0 amide bonds. The molecule has 0 aromatic rings. The third-order valence-corrected chi connectivity index (χ3v) is 3.41. The van der Waals surface area contributed by atoms with Crippen molar-refractivity contribution >= 4 is 5.97 Å². The number of carbonyl (C=O) groups excluding carboxylic acids is 1. The van der Waals surface area contributed by atoms with Crippen LogP contribution in [0.4, 0.5) is 22.0 Å². The van der Waals surface area contributed by atoms with Gasteiger partial charge in [-0.05, 0) is 13.3 Å². The topological polar surface area (TPSA) is 26.3 Å². The largest absolute Gasteiger partial charge is 0.461 e. The molecule has 0 rings (SSSR count). The van der Waals surface area contributed by atoms with Gasteiger partial charge in [0.1, 0.15) is 0 Å². The fraction of sp³-hybridized carbons (Fsp3) is 0.933. The molecule has 0 radical (unpaired) electrons. The van der Waals surface area contributed by atoms with Crippen LogP contribution in [-0.2, 0) is 9.53 Å². The molecule has 0 saturated carbocycles. The monoisotopic (exact) mass is 332 g/mol. The van der Waals surface area contributed by atoms with Crippen LogP contribution < -0.4 is 0 Å². The van der Waals surface area contributed by atoms with E-state index in [2.05, 4.69) is 11.7 Å². The average molecular weight is 332 g/mol. The lowest BCUT2D eigenvalue weighted by Gasteiger charge is -2.25. The number of esters is 1. The van der Waals surface area contributed by atoms with Crippen molar-refractivity contribution in [2.45, 2.75) is 83.2 Å². The van der Waals surface area contributed by atoms with Crippen LogP contribution in [0.1, 0.15) is 65.2 Å². The molecule has 2 nitrogen and oxygen atoms in total. The van der Waals surface area contributed by atoms with Gasteiger partial charge in [0.15, 0.2) is 6.17 Å². The summed E-state index contributed by atoms with van der Waals surface area (Å²) in [5, 5.41) is 0. The summed E-state index contributed by atoms with van der Waals surface area (Å²) in [4.78, 5) is 11.0. The Balaban J connectivity index is 3.90. The van der Waals surface area contributed by atoms with E-state index in [9.17, 15) is 26.7 Å². The molecule has 1 atom stereocenters. The minimum atomic E-state index is -5.15. The van der Waals surface area contributed by atoms with Crippen LogP contribution in [0.25, 0.3) is 0 Å². The first kappa shape index (κ1) is 21.1. The molecule has 0 fully saturated rings. The molecular formula is C15H25F5O2. The van der Waals surface area contributed by atoms with Crippen LogP contribution in [0.2, 0.25) is 0 Å². The maximum absolute atomic E-state index is 13.1. The molecule has 7 heteroatoms. The quantitative estimate of drug-likeness (QED) is 0.275. The van der Waals surface area contributed by atoms with Gasteiger partial charge in [-0.1, -0.05) is 51.9 Å². The van der Waals surface area contributed by atoms with Gasteiger partial charge in [0.25, 0.3) is 0 Å². The van der Waals surface area contributed by atoms with Crippen molar-refractivity contribution in [3.63, 3.8) is 0 Å². The third-order valence-electron chi connectivity index (χ3n) is 3.41. The van der Waals surface area contributed by atoms with E-state index < -0.39 is 24.0 Å². The van der Waals surface area contributed by atoms with Gasteiger partial charge in [-0.2, -0.15) is 17.6 Å². The molecule has 0 heterocycles. The van der Waals surface area contributed by atoms with Crippen LogP contribution in [0.15, 0.2) is 0 Å². The molecule has 132 valence electrons. The number of alkyl halides is 5. The van der Waals surface area contributed by atoms with Crippen molar-refractivity contribution in [1.82, 2.24) is 0 Å². The number of hydrogen-bond donors (Lipinski definition) is 0. The van der Waals surface area contributed by atoms with Crippen LogP contribution in [-0.4, -0.2) is 30.6 Å². The van der Waals surface area contributed by atoms with Crippen LogP contribution in [0, 0.1) is 0 Å². The zero-order chi connectivity index (χ0) is 17.2. The summed E-state index contributed by atoms with van der Waals surface area (Å²) in [7, 11) is 0. The molecule has 0 aliphatic rings. The summed E-state index contributed by atoms with van der Waals surface area (Å²) >= 11 is 0. The average Bonchev–Trinajstić information content (AvgIpc) is 2.44. The normalized spacial score (nSPS) is 14.0. The first-order valence-corrected chi connectivity index (χ1v) is 7.74. The summed E-state index contributed by atoms with van der Waals surface area (Å²) in [6.07, 6.45) is 4.28. The molecule has 1 unspecified atom stereocenters. The van der Waals surface area contributed by atoms with Gasteiger partial charge in [-0.15, -0.1) is 0 Å². The van der Waals surface area contributed by atoms with E-state index >= 15 is 0 Å². The van der Waals surface area contributed by atoms with Gasteiger partial charge >= 0.3 is 17.8 Å². The lowest BCUT2D eigenvalue weighted by atomic mass is 10.1. The minimum absolute atomic E-state index is 0.278. The van der Waals surface area contributed by atoms with Gasteiger partial charge in [-0.3, -0.25) is 0 Å². The van der Waals surface area contributed by atoms with E-state index in [0.717, 1.165) is 32.1 Å². The Labute approximate surface area is 128 Å². The second kappa shape index (κ2) is 10.0. The molecule has 0 aromatic heterocycles. The number of halogens is 5. The SMILES string of the molecule is CCCCCCCCCCOC(=O)C(F)(F)C(F)(F)C(C)F. The molecule has 0 saturated heterocycles. The van der Waals surface area contributed by atoms with Gasteiger partial charge in [0, 0.05) is 0 Å². The second-order valence-corrected chi connectivity index (χ2v) is 5.42. The summed E-state index contributed by atoms with van der Waals surface area (Å²) in [5.74, 6) is -12.6. The van der Waals surface area contributed by atoms with Crippen LogP contribution >= 0.6 is 0 Å². The standard InChI is InChI=1S/C15H25F5O2/c1-3-4-5-6-7-8-9-10-11-22-13(21)15(19,20)14(17,18)12(2)16/h12H,3-11H2,1-2H3. The number of rotatable bonds is 12. The molecule has 0 aromatic carbocycles. The van der Waals surface area contributed by atoms with Crippen molar-refractivity contribution in [1.29, 1.82) is 0 Å². The van der Waals surface area contributed by atoms with E-state index in [4.69, 9.17) is 0 Å². The summed E-state index contributed by atoms with van der Waals surface area (Å²) in [6, 6.07) is 0. The predicted molar refractivity (Wildman–Crippen MR) is 74.0 cm³/mol. The highest BCUT2D eigenvalue weighted by molar-refractivity contribution is 5.79. The lowest BCUT2D eigenvalue weighted by Crippen LogP contribution is -2.52. The first-order valence-electron chi connectivity index (χ1n) is 7.74. The highest BCUT2D eigenvalue weighted by Crippen LogP contribution is 2.39. The number of ether oxygens (including phenoxy) is 1. The van der Waals surface area contributed by atoms with Crippen molar-refractivity contribution in [2.75, 3.05) is 6.61 Å². The zero-order valence-corrected chi connectivity index (χ0v) is 13.1. The van der Waals surface area contributed by atoms with Crippen molar-refractivity contribution < 1.29 is 31.5 Å². The number of hydrogen-bond acceptors (Lipinski definition) is 2. The smallest absolute Gasteiger partial charge is 0.407 e. The molecule has 0 aliphatic heterocycles. The van der Waals surface area contributed by atoms with Crippen LogP contribution in [0.3, 0.4) is 0 Å². The maximum atomic E-state index is 13.1. The van der Waals surface area contributed by atoms with Gasteiger partial charge < -0.3 is 4.74 Å². The van der Waals surface area contributed by atoms with E-state index in [1.165, 1.54) is 6.42 Å². The van der Waals surface area contributed by atoms with E-state index in [-0.39, 0.29) is 13.5 Å². The first-order chi connectivity index (χ1) is 10.2. The summed E-state index contributed by atoms with van der Waals surface area (Å²) in [5.41, 5.74) is 0. The van der Waals surface area contributed by atoms with Crippen molar-refractivity contribution in [3.8, 4) is 0 Å². The molecule has 0 N–H and O–H groups in total. The molecule has 22 heavy (non-hydrogen) atoms. The minimum Gasteiger partial charge on any atom is -0.461 e. The van der Waals surface area contributed by atoms with Crippen LogP contribution in [0.5, 0.6) is 0 Å². The molecular weight excluding hydrogens is 307 g/mol. The Morgan fingerprint density at radius 3 is 1.86 bits per heavy atom. The fourth-order valence-electron chi connectivity index (χ4n) is 1.88. The van der Waals surface area contributed by atoms with Crippen molar-refractivity contribution in [2.24, 2.45) is 0 Å². The Morgan fingerprint density at radius 2 is 1.41 bits per heavy atom. The third kappa shape index (κ3) is 6.48. The van der Waals surface area contributed by atoms with Gasteiger partial charge in [-0.25, -0.2) is 9.18 Å². The Morgan fingerprint density at radius 1 is 0.955 bits per heavy atom.